The SMILES string of the molecule is COC(=O)c1ccc(-c2ccc(N3CCN(C)CC3)c(Nc3ncnc(Cl)c3N)c2)cc1. The summed E-state index contributed by atoms with van der Waals surface area (Å²) in [6.45, 7) is 3.80. The first-order chi connectivity index (χ1) is 15.5. The number of aromatic nitrogens is 2. The van der Waals surface area contributed by atoms with Gasteiger partial charge in [-0.3, -0.25) is 0 Å². The van der Waals surface area contributed by atoms with Crippen LogP contribution in [-0.2, 0) is 4.74 Å². The molecule has 0 atom stereocenters. The second-order valence-corrected chi connectivity index (χ2v) is 8.00. The Kier molecular flexibility index (Phi) is 6.43. The van der Waals surface area contributed by atoms with E-state index in [4.69, 9.17) is 22.1 Å². The van der Waals surface area contributed by atoms with E-state index in [1.165, 1.54) is 13.4 Å². The Bertz CT molecular complexity index is 1110. The van der Waals surface area contributed by atoms with Crippen molar-refractivity contribution in [1.82, 2.24) is 14.9 Å². The number of benzene rings is 2. The molecule has 3 aromatic rings. The summed E-state index contributed by atoms with van der Waals surface area (Å²) < 4.78 is 4.79. The number of likely N-dealkylation sites (N-methyl/N-ethyl adjacent to an activating group) is 1. The summed E-state index contributed by atoms with van der Waals surface area (Å²) in [6, 6.07) is 13.5. The number of rotatable bonds is 5. The third-order valence-corrected chi connectivity index (χ3v) is 5.87. The van der Waals surface area contributed by atoms with Gasteiger partial charge in [0.05, 0.1) is 24.0 Å². The van der Waals surface area contributed by atoms with E-state index in [0.717, 1.165) is 48.7 Å². The molecule has 32 heavy (non-hydrogen) atoms. The molecular formula is C23H25ClN6O2. The number of halogens is 1. The zero-order chi connectivity index (χ0) is 22.7. The maximum atomic E-state index is 11.7. The van der Waals surface area contributed by atoms with Crippen LogP contribution in [0.5, 0.6) is 0 Å². The molecule has 1 aromatic heterocycles. The number of hydrogen-bond acceptors (Lipinski definition) is 8. The van der Waals surface area contributed by atoms with Gasteiger partial charge in [-0.15, -0.1) is 0 Å². The summed E-state index contributed by atoms with van der Waals surface area (Å²) in [5.74, 6) is 0.0963. The van der Waals surface area contributed by atoms with Crippen LogP contribution in [0.25, 0.3) is 11.1 Å². The molecule has 0 aliphatic carbocycles. The van der Waals surface area contributed by atoms with Crippen LogP contribution in [0.2, 0.25) is 5.15 Å². The number of nitrogens with one attached hydrogen (secondary N) is 1. The van der Waals surface area contributed by atoms with Crippen molar-refractivity contribution in [3.8, 4) is 11.1 Å². The van der Waals surface area contributed by atoms with Crippen LogP contribution < -0.4 is 16.0 Å². The topological polar surface area (TPSA) is 96.6 Å². The number of anilines is 4. The Morgan fingerprint density at radius 2 is 1.75 bits per heavy atom. The molecule has 0 saturated carbocycles. The summed E-state index contributed by atoms with van der Waals surface area (Å²) in [4.78, 5) is 24.6. The minimum absolute atomic E-state index is 0.207. The molecule has 0 radical (unpaired) electrons. The molecule has 9 heteroatoms. The minimum atomic E-state index is -0.361. The van der Waals surface area contributed by atoms with Crippen molar-refractivity contribution >= 4 is 40.5 Å². The van der Waals surface area contributed by atoms with Gasteiger partial charge in [-0.1, -0.05) is 29.8 Å². The number of ether oxygens (including phenoxy) is 1. The lowest BCUT2D eigenvalue weighted by Crippen LogP contribution is -2.44. The summed E-state index contributed by atoms with van der Waals surface area (Å²) in [5, 5.41) is 3.56. The number of methoxy groups -OCH3 is 1. The van der Waals surface area contributed by atoms with Gasteiger partial charge in [0.1, 0.15) is 12.0 Å². The predicted octanol–water partition coefficient (Wildman–Crippen LogP) is 3.66. The van der Waals surface area contributed by atoms with Crippen molar-refractivity contribution in [3.05, 3.63) is 59.5 Å². The fourth-order valence-electron chi connectivity index (χ4n) is 3.66. The molecule has 3 N–H and O–H groups in total. The average molecular weight is 453 g/mol. The fraction of sp³-hybridized carbons (Fsp3) is 0.261. The second-order valence-electron chi connectivity index (χ2n) is 7.64. The van der Waals surface area contributed by atoms with Crippen molar-refractivity contribution < 1.29 is 9.53 Å². The monoisotopic (exact) mass is 452 g/mol. The van der Waals surface area contributed by atoms with E-state index in [-0.39, 0.29) is 11.1 Å². The molecule has 4 rings (SSSR count). The molecule has 1 aliphatic heterocycles. The third-order valence-electron chi connectivity index (χ3n) is 5.57. The summed E-state index contributed by atoms with van der Waals surface area (Å²) in [6.07, 6.45) is 1.38. The number of nitrogen functional groups attached to an aromatic ring is 1. The van der Waals surface area contributed by atoms with Crippen LogP contribution in [0.1, 0.15) is 10.4 Å². The number of nitrogens with zero attached hydrogens (tertiary/aromatic N) is 4. The summed E-state index contributed by atoms with van der Waals surface area (Å²) in [5.41, 5.74) is 10.8. The zero-order valence-corrected chi connectivity index (χ0v) is 18.8. The van der Waals surface area contributed by atoms with Gasteiger partial charge >= 0.3 is 5.97 Å². The molecule has 0 bridgehead atoms. The molecule has 1 saturated heterocycles. The average Bonchev–Trinajstić information content (AvgIpc) is 2.82. The number of esters is 1. The highest BCUT2D eigenvalue weighted by Crippen LogP contribution is 2.35. The Balaban J connectivity index is 1.71. The molecule has 2 aromatic carbocycles. The van der Waals surface area contributed by atoms with Gasteiger partial charge in [-0.2, -0.15) is 0 Å². The van der Waals surface area contributed by atoms with Gasteiger partial charge in [0, 0.05) is 26.2 Å². The fourth-order valence-corrected chi connectivity index (χ4v) is 3.79. The first kappa shape index (κ1) is 21.9. The van der Waals surface area contributed by atoms with E-state index >= 15 is 0 Å². The molecule has 0 unspecified atom stereocenters. The Labute approximate surface area is 192 Å². The van der Waals surface area contributed by atoms with Crippen LogP contribution >= 0.6 is 11.6 Å². The molecule has 1 aliphatic rings. The maximum absolute atomic E-state index is 11.7. The molecule has 0 amide bonds. The molecule has 1 fully saturated rings. The lowest BCUT2D eigenvalue weighted by atomic mass is 10.0. The number of hydrogen-bond donors (Lipinski definition) is 2. The van der Waals surface area contributed by atoms with Crippen LogP contribution in [0, 0.1) is 0 Å². The molecule has 0 spiro atoms. The predicted molar refractivity (Wildman–Crippen MR) is 128 cm³/mol. The van der Waals surface area contributed by atoms with E-state index < -0.39 is 0 Å². The lowest BCUT2D eigenvalue weighted by Gasteiger charge is -2.35. The Morgan fingerprint density at radius 1 is 1.06 bits per heavy atom. The van der Waals surface area contributed by atoms with Crippen molar-refractivity contribution in [2.24, 2.45) is 0 Å². The van der Waals surface area contributed by atoms with Gasteiger partial charge in [0.25, 0.3) is 0 Å². The highest BCUT2D eigenvalue weighted by atomic mass is 35.5. The van der Waals surface area contributed by atoms with Crippen LogP contribution in [-0.4, -0.2) is 61.2 Å². The van der Waals surface area contributed by atoms with E-state index in [2.05, 4.69) is 50.3 Å². The minimum Gasteiger partial charge on any atom is -0.465 e. The van der Waals surface area contributed by atoms with Gasteiger partial charge in [-0.25, -0.2) is 14.8 Å². The van der Waals surface area contributed by atoms with Gasteiger partial charge in [0.2, 0.25) is 0 Å². The smallest absolute Gasteiger partial charge is 0.337 e. The van der Waals surface area contributed by atoms with E-state index in [1.807, 2.05) is 12.1 Å². The first-order valence-corrected chi connectivity index (χ1v) is 10.6. The van der Waals surface area contributed by atoms with Crippen molar-refractivity contribution in [2.45, 2.75) is 0 Å². The zero-order valence-electron chi connectivity index (χ0n) is 18.0. The van der Waals surface area contributed by atoms with Gasteiger partial charge in [-0.05, 0) is 42.4 Å². The highest BCUT2D eigenvalue weighted by molar-refractivity contribution is 6.32. The van der Waals surface area contributed by atoms with Gasteiger partial charge < -0.3 is 25.6 Å². The normalized spacial score (nSPS) is 14.3. The van der Waals surface area contributed by atoms with E-state index in [1.54, 1.807) is 12.1 Å². The van der Waals surface area contributed by atoms with Gasteiger partial charge in [0.15, 0.2) is 11.0 Å². The summed E-state index contributed by atoms with van der Waals surface area (Å²) in [7, 11) is 3.50. The number of carbonyl (C=O) groups excluding carboxylic acids is 1. The van der Waals surface area contributed by atoms with Crippen LogP contribution in [0.4, 0.5) is 22.9 Å². The highest BCUT2D eigenvalue weighted by Gasteiger charge is 2.19. The maximum Gasteiger partial charge on any atom is 0.337 e. The van der Waals surface area contributed by atoms with E-state index in [0.29, 0.717) is 17.1 Å². The van der Waals surface area contributed by atoms with Crippen LogP contribution in [0.15, 0.2) is 48.8 Å². The number of piperazine rings is 1. The molecule has 2 heterocycles. The Hall–Kier alpha value is -3.36. The largest absolute Gasteiger partial charge is 0.465 e. The third kappa shape index (κ3) is 4.61. The number of nitrogens with two attached hydrogens (primary N) is 1. The van der Waals surface area contributed by atoms with E-state index in [9.17, 15) is 4.79 Å². The quantitative estimate of drug-likeness (QED) is 0.447. The second kappa shape index (κ2) is 9.42. The number of carbonyl (C=O) groups is 1. The molecule has 166 valence electrons. The standard InChI is InChI=1S/C23H25ClN6O2/c1-29-9-11-30(12-10-29)19-8-7-17(15-3-5-16(6-4-15)23(31)32-2)13-18(19)28-22-20(25)21(24)26-14-27-22/h3-8,13-14H,9-12,25H2,1-2H3,(H,26,27,28). The Morgan fingerprint density at radius 3 is 2.44 bits per heavy atom. The van der Waals surface area contributed by atoms with Crippen molar-refractivity contribution in [2.75, 3.05) is 56.3 Å². The van der Waals surface area contributed by atoms with Crippen LogP contribution in [0.3, 0.4) is 0 Å². The van der Waals surface area contributed by atoms with Crippen molar-refractivity contribution in [1.29, 1.82) is 0 Å². The molecule has 8 nitrogen and oxygen atoms in total. The lowest BCUT2D eigenvalue weighted by molar-refractivity contribution is 0.0601. The summed E-state index contributed by atoms with van der Waals surface area (Å²) >= 11 is 6.09. The first-order valence-electron chi connectivity index (χ1n) is 10.3. The van der Waals surface area contributed by atoms with Crippen molar-refractivity contribution in [3.63, 3.8) is 0 Å². The molecular weight excluding hydrogens is 428 g/mol.